The Bertz CT molecular complexity index is 905. The molecular formula is C21H21N3O4. The summed E-state index contributed by atoms with van der Waals surface area (Å²) < 4.78 is 4.86. The summed E-state index contributed by atoms with van der Waals surface area (Å²) in [6.07, 6.45) is 1.69. The Morgan fingerprint density at radius 2 is 1.71 bits per heavy atom. The molecule has 1 aliphatic heterocycles. The lowest BCUT2D eigenvalue weighted by atomic mass is 10.1. The second-order valence-corrected chi connectivity index (χ2v) is 6.30. The average molecular weight is 379 g/mol. The molecular weight excluding hydrogens is 358 g/mol. The van der Waals surface area contributed by atoms with Crippen LogP contribution in [-0.2, 0) is 9.53 Å². The molecule has 144 valence electrons. The number of imide groups is 1. The van der Waals surface area contributed by atoms with Gasteiger partial charge >= 0.3 is 12.0 Å². The smallest absolute Gasteiger partial charge is 0.335 e. The van der Waals surface area contributed by atoms with E-state index in [0.717, 1.165) is 13.1 Å². The Kier molecular flexibility index (Phi) is 6.18. The van der Waals surface area contributed by atoms with E-state index in [9.17, 15) is 14.4 Å². The summed E-state index contributed by atoms with van der Waals surface area (Å²) in [6, 6.07) is 14.9. The number of methoxy groups -OCH3 is 1. The molecule has 1 heterocycles. The van der Waals surface area contributed by atoms with E-state index in [1.54, 1.807) is 60.7 Å². The summed E-state index contributed by atoms with van der Waals surface area (Å²) in [5.74, 6) is -0.909. The minimum atomic E-state index is -0.653. The van der Waals surface area contributed by atoms with Gasteiger partial charge in [0.2, 0.25) is 0 Å². The first-order chi connectivity index (χ1) is 13.6. The highest BCUT2D eigenvalue weighted by Gasteiger charge is 2.22. The number of hydrogen-bond acceptors (Lipinski definition) is 5. The van der Waals surface area contributed by atoms with Gasteiger partial charge in [-0.1, -0.05) is 36.4 Å². The van der Waals surface area contributed by atoms with Crippen molar-refractivity contribution in [1.29, 1.82) is 0 Å². The molecule has 0 bridgehead atoms. The third kappa shape index (κ3) is 5.28. The first-order valence-electron chi connectivity index (χ1n) is 8.84. The second kappa shape index (κ2) is 8.96. The predicted octanol–water partition coefficient (Wildman–Crippen LogP) is 2.52. The van der Waals surface area contributed by atoms with Crippen LogP contribution in [0.2, 0.25) is 0 Å². The molecule has 2 N–H and O–H groups in total. The van der Waals surface area contributed by atoms with Crippen molar-refractivity contribution in [1.82, 2.24) is 10.2 Å². The predicted molar refractivity (Wildman–Crippen MR) is 106 cm³/mol. The number of carbonyl (C=O) groups excluding carboxylic acids is 3. The van der Waals surface area contributed by atoms with Crippen LogP contribution in [0.4, 0.5) is 10.5 Å². The maximum Gasteiger partial charge on any atom is 0.335 e. The molecule has 0 spiro atoms. The van der Waals surface area contributed by atoms with Gasteiger partial charge in [0.25, 0.3) is 5.91 Å². The van der Waals surface area contributed by atoms with E-state index in [0.29, 0.717) is 28.9 Å². The van der Waals surface area contributed by atoms with Crippen LogP contribution in [0.1, 0.15) is 15.9 Å². The molecule has 7 heteroatoms. The maximum absolute atomic E-state index is 12.2. The molecule has 3 rings (SSSR count). The van der Waals surface area contributed by atoms with Gasteiger partial charge in [0.15, 0.2) is 0 Å². The quantitative estimate of drug-likeness (QED) is 0.458. The number of rotatable bonds is 6. The molecule has 28 heavy (non-hydrogen) atoms. The molecule has 2 aromatic carbocycles. The van der Waals surface area contributed by atoms with Crippen molar-refractivity contribution in [2.24, 2.45) is 0 Å². The van der Waals surface area contributed by atoms with Crippen LogP contribution in [-0.4, -0.2) is 49.6 Å². The number of urea groups is 1. The molecule has 0 aromatic heterocycles. The zero-order valence-corrected chi connectivity index (χ0v) is 15.5. The van der Waals surface area contributed by atoms with E-state index in [2.05, 4.69) is 15.5 Å². The fraction of sp³-hybridized carbons (Fsp3) is 0.190. The summed E-state index contributed by atoms with van der Waals surface area (Å²) in [5, 5.41) is 4.95. The SMILES string of the molecule is COC(=O)/C(=C/c1ccccc1NC(=O)NC(=O)c1ccccc1)CN1CC1. The highest BCUT2D eigenvalue weighted by atomic mass is 16.5. The monoisotopic (exact) mass is 379 g/mol. The number of nitrogens with zero attached hydrogens (tertiary/aromatic N) is 1. The molecule has 0 unspecified atom stereocenters. The van der Waals surface area contributed by atoms with Gasteiger partial charge in [0, 0.05) is 30.9 Å². The Morgan fingerprint density at radius 3 is 2.39 bits per heavy atom. The summed E-state index contributed by atoms with van der Waals surface area (Å²) in [7, 11) is 1.34. The molecule has 1 aliphatic rings. The third-order valence-corrected chi connectivity index (χ3v) is 4.18. The van der Waals surface area contributed by atoms with E-state index < -0.39 is 17.9 Å². The van der Waals surface area contributed by atoms with Crippen molar-refractivity contribution in [3.63, 3.8) is 0 Å². The molecule has 7 nitrogen and oxygen atoms in total. The molecule has 2 aromatic rings. The number of esters is 1. The van der Waals surface area contributed by atoms with Crippen molar-refractivity contribution in [2.75, 3.05) is 32.1 Å². The Hall–Kier alpha value is -3.45. The zero-order chi connectivity index (χ0) is 19.9. The first-order valence-corrected chi connectivity index (χ1v) is 8.84. The van der Waals surface area contributed by atoms with Gasteiger partial charge < -0.3 is 10.1 Å². The first kappa shape index (κ1) is 19.3. The molecule has 1 saturated heterocycles. The van der Waals surface area contributed by atoms with Crippen molar-refractivity contribution >= 4 is 29.7 Å². The number of nitrogens with one attached hydrogen (secondary N) is 2. The largest absolute Gasteiger partial charge is 0.466 e. The standard InChI is InChI=1S/C21H21N3O4/c1-28-20(26)17(14-24-11-12-24)13-16-9-5-6-10-18(16)22-21(27)23-19(25)15-7-3-2-4-8-15/h2-10,13H,11-12,14H2,1H3,(H2,22,23,25,27)/b17-13+. The minimum absolute atomic E-state index is 0.386. The lowest BCUT2D eigenvalue weighted by Gasteiger charge is -2.11. The summed E-state index contributed by atoms with van der Waals surface area (Å²) in [4.78, 5) is 38.5. The highest BCUT2D eigenvalue weighted by Crippen LogP contribution is 2.20. The number of anilines is 1. The fourth-order valence-electron chi connectivity index (χ4n) is 2.61. The molecule has 0 radical (unpaired) electrons. The summed E-state index contributed by atoms with van der Waals surface area (Å²) >= 11 is 0. The third-order valence-electron chi connectivity index (χ3n) is 4.18. The van der Waals surface area contributed by atoms with Crippen molar-refractivity contribution in [3.05, 3.63) is 71.3 Å². The van der Waals surface area contributed by atoms with Crippen LogP contribution in [0.5, 0.6) is 0 Å². The second-order valence-electron chi connectivity index (χ2n) is 6.30. The molecule has 3 amide bonds. The van der Waals surface area contributed by atoms with Crippen molar-refractivity contribution in [2.45, 2.75) is 0 Å². The fourth-order valence-corrected chi connectivity index (χ4v) is 2.61. The van der Waals surface area contributed by atoms with Gasteiger partial charge in [0.1, 0.15) is 0 Å². The normalized spacial score (nSPS) is 13.5. The highest BCUT2D eigenvalue weighted by molar-refractivity contribution is 6.08. The van der Waals surface area contributed by atoms with Crippen LogP contribution in [0.3, 0.4) is 0 Å². The maximum atomic E-state index is 12.2. The van der Waals surface area contributed by atoms with Gasteiger partial charge in [-0.3, -0.25) is 15.0 Å². The zero-order valence-electron chi connectivity index (χ0n) is 15.5. The Balaban J connectivity index is 1.74. The molecule has 0 atom stereocenters. The lowest BCUT2D eigenvalue weighted by molar-refractivity contribution is -0.136. The van der Waals surface area contributed by atoms with E-state index in [4.69, 9.17) is 4.74 Å². The number of benzene rings is 2. The molecule has 0 saturated carbocycles. The number of ether oxygens (including phenoxy) is 1. The minimum Gasteiger partial charge on any atom is -0.466 e. The average Bonchev–Trinajstić information content (AvgIpc) is 3.53. The van der Waals surface area contributed by atoms with Crippen LogP contribution < -0.4 is 10.6 Å². The van der Waals surface area contributed by atoms with E-state index in [-0.39, 0.29) is 0 Å². The van der Waals surface area contributed by atoms with Crippen molar-refractivity contribution < 1.29 is 19.1 Å². The van der Waals surface area contributed by atoms with Gasteiger partial charge in [0.05, 0.1) is 12.7 Å². The number of para-hydroxylation sites is 1. The van der Waals surface area contributed by atoms with E-state index in [1.165, 1.54) is 7.11 Å². The van der Waals surface area contributed by atoms with Crippen LogP contribution >= 0.6 is 0 Å². The van der Waals surface area contributed by atoms with Crippen LogP contribution in [0, 0.1) is 0 Å². The number of carbonyl (C=O) groups is 3. The topological polar surface area (TPSA) is 87.5 Å². The van der Waals surface area contributed by atoms with Crippen LogP contribution in [0.15, 0.2) is 60.2 Å². The van der Waals surface area contributed by atoms with Gasteiger partial charge in [-0.2, -0.15) is 0 Å². The number of hydrogen-bond donors (Lipinski definition) is 2. The van der Waals surface area contributed by atoms with Gasteiger partial charge in [-0.25, -0.2) is 9.59 Å². The summed E-state index contributed by atoms with van der Waals surface area (Å²) in [6.45, 7) is 2.37. The Labute approximate surface area is 163 Å². The van der Waals surface area contributed by atoms with E-state index in [1.807, 2.05) is 0 Å². The molecule has 0 aliphatic carbocycles. The number of amides is 3. The van der Waals surface area contributed by atoms with Crippen LogP contribution in [0.25, 0.3) is 6.08 Å². The molecule has 1 fully saturated rings. The van der Waals surface area contributed by atoms with E-state index >= 15 is 0 Å². The summed E-state index contributed by atoms with van der Waals surface area (Å²) in [5.41, 5.74) is 2.01. The Morgan fingerprint density at radius 1 is 1.04 bits per heavy atom. The van der Waals surface area contributed by atoms with Crippen molar-refractivity contribution in [3.8, 4) is 0 Å². The van der Waals surface area contributed by atoms with Gasteiger partial charge in [-0.05, 0) is 29.8 Å². The lowest BCUT2D eigenvalue weighted by Crippen LogP contribution is -2.34. The van der Waals surface area contributed by atoms with Gasteiger partial charge in [-0.15, -0.1) is 0 Å².